The fraction of sp³-hybridized carbons (Fsp3) is 0.318. The van der Waals surface area contributed by atoms with Gasteiger partial charge < -0.3 is 19.1 Å². The van der Waals surface area contributed by atoms with E-state index in [0.717, 1.165) is 30.3 Å². The molecule has 1 saturated heterocycles. The topological polar surface area (TPSA) is 43.3 Å². The molecule has 5 heteroatoms. The number of nitrogens with zero attached hydrogens (tertiary/aromatic N) is 2. The third-order valence-electron chi connectivity index (χ3n) is 4.62. The monoisotopic (exact) mass is 364 g/mol. The van der Waals surface area contributed by atoms with Crippen LogP contribution < -0.4 is 9.47 Å². The summed E-state index contributed by atoms with van der Waals surface area (Å²) in [5.41, 5.74) is 1.30. The van der Waals surface area contributed by atoms with Crippen LogP contribution in [0.2, 0.25) is 0 Å². The molecule has 2 aliphatic heterocycles. The third-order valence-corrected chi connectivity index (χ3v) is 4.62. The number of rotatable bonds is 6. The summed E-state index contributed by atoms with van der Waals surface area (Å²) in [6, 6.07) is 16.6. The van der Waals surface area contributed by atoms with Gasteiger partial charge in [-0.05, 0) is 54.0 Å². The average molecular weight is 364 g/mol. The zero-order chi connectivity index (χ0) is 18.6. The lowest BCUT2D eigenvalue weighted by atomic mass is 10.0. The lowest BCUT2D eigenvalue weighted by molar-refractivity contribution is 0.146. The first kappa shape index (κ1) is 17.5. The predicted octanol–water partition coefficient (Wildman–Crippen LogP) is 4.57. The molecule has 27 heavy (non-hydrogen) atoms. The fourth-order valence-electron chi connectivity index (χ4n) is 3.08. The maximum atomic E-state index is 5.90. The van der Waals surface area contributed by atoms with Crippen molar-refractivity contribution in [3.8, 4) is 17.2 Å². The van der Waals surface area contributed by atoms with E-state index < -0.39 is 0 Å². The summed E-state index contributed by atoms with van der Waals surface area (Å²) in [5, 5.41) is 0. The summed E-state index contributed by atoms with van der Waals surface area (Å²) in [4.78, 5) is 6.34. The molecule has 2 aromatic rings. The first-order valence-electron chi connectivity index (χ1n) is 9.32. The second-order valence-corrected chi connectivity index (χ2v) is 7.05. The van der Waals surface area contributed by atoms with Crippen LogP contribution in [0.5, 0.6) is 17.2 Å². The van der Waals surface area contributed by atoms with Gasteiger partial charge >= 0.3 is 0 Å². The van der Waals surface area contributed by atoms with Gasteiger partial charge in [-0.15, -0.1) is 0 Å². The Labute approximate surface area is 159 Å². The van der Waals surface area contributed by atoms with Crippen LogP contribution in [0.15, 0.2) is 65.8 Å². The van der Waals surface area contributed by atoms with Gasteiger partial charge in [0.1, 0.15) is 23.9 Å². The SMILES string of the molecule is CC(C)c1ccc(Oc2ccc(OC[C@@H]3CN4CC=CN=C4O3)cc2)cc1. The minimum atomic E-state index is -0.000881. The minimum Gasteiger partial charge on any atom is -0.490 e. The van der Waals surface area contributed by atoms with E-state index in [4.69, 9.17) is 14.2 Å². The molecular weight excluding hydrogens is 340 g/mol. The smallest absolute Gasteiger partial charge is 0.292 e. The molecule has 4 rings (SSSR count). The molecule has 140 valence electrons. The van der Waals surface area contributed by atoms with E-state index >= 15 is 0 Å². The van der Waals surface area contributed by atoms with E-state index in [2.05, 4.69) is 35.9 Å². The van der Waals surface area contributed by atoms with Gasteiger partial charge in [0.05, 0.1) is 6.54 Å². The molecular formula is C22H24N2O3. The van der Waals surface area contributed by atoms with Crippen molar-refractivity contribution in [1.29, 1.82) is 0 Å². The first-order valence-corrected chi connectivity index (χ1v) is 9.32. The molecule has 0 saturated carbocycles. The highest BCUT2D eigenvalue weighted by Gasteiger charge is 2.30. The van der Waals surface area contributed by atoms with Gasteiger partial charge in [-0.3, -0.25) is 0 Å². The maximum Gasteiger partial charge on any atom is 0.292 e. The van der Waals surface area contributed by atoms with Gasteiger partial charge in [-0.2, -0.15) is 0 Å². The van der Waals surface area contributed by atoms with E-state index in [1.807, 2.05) is 42.5 Å². The van der Waals surface area contributed by atoms with Crippen molar-refractivity contribution in [1.82, 2.24) is 4.90 Å². The van der Waals surface area contributed by atoms with Crippen molar-refractivity contribution in [3.05, 3.63) is 66.4 Å². The molecule has 1 atom stereocenters. The molecule has 2 aliphatic rings. The Bertz CT molecular complexity index is 826. The normalized spacial score (nSPS) is 18.1. The maximum absolute atomic E-state index is 5.90. The van der Waals surface area contributed by atoms with E-state index in [9.17, 15) is 0 Å². The Hall–Kier alpha value is -2.95. The number of aliphatic imine (C=N–C) groups is 1. The van der Waals surface area contributed by atoms with Gasteiger partial charge in [0.2, 0.25) is 0 Å². The zero-order valence-corrected chi connectivity index (χ0v) is 15.7. The van der Waals surface area contributed by atoms with Crippen LogP contribution in [0.4, 0.5) is 0 Å². The molecule has 0 bridgehead atoms. The number of amidine groups is 1. The van der Waals surface area contributed by atoms with Crippen molar-refractivity contribution < 1.29 is 14.2 Å². The standard InChI is InChI=1S/C22H24N2O3/c1-16(2)17-4-6-19(7-5-17)26-20-10-8-18(9-11-20)25-15-21-14-24-13-3-12-23-22(24)27-21/h3-12,16,21H,13-15H2,1-2H3/t21-/m0/s1. The lowest BCUT2D eigenvalue weighted by Crippen LogP contribution is -2.28. The third kappa shape index (κ3) is 4.25. The average Bonchev–Trinajstić information content (AvgIpc) is 3.11. The van der Waals surface area contributed by atoms with Gasteiger partial charge in [-0.1, -0.05) is 26.0 Å². The van der Waals surface area contributed by atoms with E-state index in [1.54, 1.807) is 6.20 Å². The Morgan fingerprint density at radius 3 is 2.37 bits per heavy atom. The van der Waals surface area contributed by atoms with Gasteiger partial charge in [0.25, 0.3) is 6.02 Å². The van der Waals surface area contributed by atoms with Gasteiger partial charge in [-0.25, -0.2) is 4.99 Å². The highest BCUT2D eigenvalue weighted by molar-refractivity contribution is 5.77. The van der Waals surface area contributed by atoms with E-state index in [-0.39, 0.29) is 6.10 Å². The summed E-state index contributed by atoms with van der Waals surface area (Å²) in [7, 11) is 0. The fourth-order valence-corrected chi connectivity index (χ4v) is 3.08. The number of hydrogen-bond donors (Lipinski definition) is 0. The molecule has 0 spiro atoms. The number of hydrogen-bond acceptors (Lipinski definition) is 5. The molecule has 2 heterocycles. The molecule has 0 N–H and O–H groups in total. The van der Waals surface area contributed by atoms with Gasteiger partial charge in [0.15, 0.2) is 6.10 Å². The second-order valence-electron chi connectivity index (χ2n) is 7.05. The van der Waals surface area contributed by atoms with Crippen LogP contribution in [0, 0.1) is 0 Å². The molecule has 0 radical (unpaired) electrons. The number of benzene rings is 2. The van der Waals surface area contributed by atoms with Crippen LogP contribution in [0.25, 0.3) is 0 Å². The molecule has 5 nitrogen and oxygen atoms in total. The molecule has 0 aliphatic carbocycles. The molecule has 0 unspecified atom stereocenters. The highest BCUT2D eigenvalue weighted by atomic mass is 16.6. The van der Waals surface area contributed by atoms with Crippen LogP contribution in [0.1, 0.15) is 25.3 Å². The first-order chi connectivity index (χ1) is 13.2. The van der Waals surface area contributed by atoms with Crippen LogP contribution in [-0.4, -0.2) is 36.7 Å². The number of fused-ring (bicyclic) bond motifs is 1. The Balaban J connectivity index is 1.29. The molecule has 1 fully saturated rings. The second kappa shape index (κ2) is 7.74. The van der Waals surface area contributed by atoms with Crippen LogP contribution in [-0.2, 0) is 4.74 Å². The van der Waals surface area contributed by atoms with E-state index in [1.165, 1.54) is 5.56 Å². The summed E-state index contributed by atoms with van der Waals surface area (Å²) in [6.45, 7) is 6.50. The summed E-state index contributed by atoms with van der Waals surface area (Å²) in [5.74, 6) is 2.93. The molecule has 0 aromatic heterocycles. The minimum absolute atomic E-state index is 0.000881. The van der Waals surface area contributed by atoms with Gasteiger partial charge in [0, 0.05) is 12.7 Å². The quantitative estimate of drug-likeness (QED) is 0.753. The van der Waals surface area contributed by atoms with Crippen molar-refractivity contribution in [2.75, 3.05) is 19.7 Å². The van der Waals surface area contributed by atoms with Crippen LogP contribution >= 0.6 is 0 Å². The van der Waals surface area contributed by atoms with Crippen molar-refractivity contribution >= 4 is 6.02 Å². The lowest BCUT2D eigenvalue weighted by Gasteiger charge is -2.14. The van der Waals surface area contributed by atoms with E-state index in [0.29, 0.717) is 18.5 Å². The van der Waals surface area contributed by atoms with Crippen molar-refractivity contribution in [2.45, 2.75) is 25.9 Å². The Morgan fingerprint density at radius 1 is 1.04 bits per heavy atom. The Kier molecular flexibility index (Phi) is 5.01. The molecule has 0 amide bonds. The van der Waals surface area contributed by atoms with Crippen molar-refractivity contribution in [2.24, 2.45) is 4.99 Å². The van der Waals surface area contributed by atoms with Crippen molar-refractivity contribution in [3.63, 3.8) is 0 Å². The zero-order valence-electron chi connectivity index (χ0n) is 15.7. The number of ether oxygens (including phenoxy) is 3. The Morgan fingerprint density at radius 2 is 1.70 bits per heavy atom. The highest BCUT2D eigenvalue weighted by Crippen LogP contribution is 2.26. The largest absolute Gasteiger partial charge is 0.490 e. The predicted molar refractivity (Wildman–Crippen MR) is 106 cm³/mol. The summed E-state index contributed by atoms with van der Waals surface area (Å²) >= 11 is 0. The summed E-state index contributed by atoms with van der Waals surface area (Å²) < 4.78 is 17.6. The summed E-state index contributed by atoms with van der Waals surface area (Å²) in [6.07, 6.45) is 3.80. The molecule has 2 aromatic carbocycles. The van der Waals surface area contributed by atoms with Crippen LogP contribution in [0.3, 0.4) is 0 Å².